The average molecular weight is 332 g/mol. The first-order valence-corrected chi connectivity index (χ1v) is 7.29. The van der Waals surface area contributed by atoms with E-state index in [0.717, 1.165) is 24.1 Å². The van der Waals surface area contributed by atoms with Crippen LogP contribution in [0.1, 0.15) is 13.8 Å². The highest BCUT2D eigenvalue weighted by molar-refractivity contribution is 7.71. The molecule has 1 aromatic heterocycles. The van der Waals surface area contributed by atoms with Gasteiger partial charge in [0, 0.05) is 6.54 Å². The number of nitrogens with zero attached hydrogens (tertiary/aromatic N) is 1. The lowest BCUT2D eigenvalue weighted by molar-refractivity contribution is 0.0721. The number of fused-ring (bicyclic) bond motifs is 1. The number of aromatic amines is 2. The highest BCUT2D eigenvalue weighted by Gasteiger charge is 2.11. The van der Waals surface area contributed by atoms with E-state index in [4.69, 9.17) is 17.0 Å². The van der Waals surface area contributed by atoms with Crippen LogP contribution in [0.5, 0.6) is 5.75 Å². The standard InChI is InChI=1S/C14H21N3O2S.ClH/c1-3-17(4-2)8-10(18)9-19-12-7-5-6-11-13(12)16-14(20)15-11;/h5-7,10,18H,3-4,8-9H2,1-2H3,(H2,15,16,20);1H. The molecule has 2 rings (SSSR count). The molecule has 118 valence electrons. The van der Waals surface area contributed by atoms with Crippen LogP contribution in [0.3, 0.4) is 0 Å². The molecule has 1 aromatic carbocycles. The van der Waals surface area contributed by atoms with Crippen LogP contribution >= 0.6 is 24.6 Å². The monoisotopic (exact) mass is 331 g/mol. The van der Waals surface area contributed by atoms with Crippen molar-refractivity contribution in [3.8, 4) is 5.75 Å². The van der Waals surface area contributed by atoms with E-state index in [-0.39, 0.29) is 19.0 Å². The van der Waals surface area contributed by atoms with E-state index in [1.54, 1.807) is 0 Å². The quantitative estimate of drug-likeness (QED) is 0.683. The molecule has 21 heavy (non-hydrogen) atoms. The van der Waals surface area contributed by atoms with E-state index in [1.165, 1.54) is 0 Å². The maximum absolute atomic E-state index is 10.0. The van der Waals surface area contributed by atoms with E-state index in [1.807, 2.05) is 18.2 Å². The lowest BCUT2D eigenvalue weighted by Gasteiger charge is -2.22. The number of H-pyrrole nitrogens is 2. The molecule has 0 fully saturated rings. The van der Waals surface area contributed by atoms with Crippen LogP contribution < -0.4 is 4.74 Å². The lowest BCUT2D eigenvalue weighted by atomic mass is 10.3. The molecule has 3 N–H and O–H groups in total. The molecule has 0 aliphatic rings. The van der Waals surface area contributed by atoms with Gasteiger partial charge in [0.05, 0.1) is 5.52 Å². The Morgan fingerprint density at radius 1 is 1.29 bits per heavy atom. The normalized spacial score (nSPS) is 12.4. The highest BCUT2D eigenvalue weighted by Crippen LogP contribution is 2.22. The smallest absolute Gasteiger partial charge is 0.175 e. The Labute approximate surface area is 135 Å². The number of nitrogens with one attached hydrogen (secondary N) is 2. The number of halogens is 1. The summed E-state index contributed by atoms with van der Waals surface area (Å²) >= 11 is 5.07. The second-order valence-electron chi connectivity index (χ2n) is 4.71. The largest absolute Gasteiger partial charge is 0.489 e. The highest BCUT2D eigenvalue weighted by atomic mass is 35.5. The van der Waals surface area contributed by atoms with Crippen LogP contribution in [0.25, 0.3) is 11.0 Å². The van der Waals surface area contributed by atoms with Crippen molar-refractivity contribution in [2.24, 2.45) is 0 Å². The van der Waals surface area contributed by atoms with Crippen LogP contribution in [0.4, 0.5) is 0 Å². The first kappa shape index (κ1) is 18.0. The lowest BCUT2D eigenvalue weighted by Crippen LogP contribution is -2.35. The first-order chi connectivity index (χ1) is 9.63. The summed E-state index contributed by atoms with van der Waals surface area (Å²) < 4.78 is 6.28. The summed E-state index contributed by atoms with van der Waals surface area (Å²) in [6.07, 6.45) is -0.507. The second-order valence-corrected chi connectivity index (χ2v) is 5.12. The molecular formula is C14H22ClN3O2S. The van der Waals surface area contributed by atoms with Gasteiger partial charge in [-0.15, -0.1) is 12.4 Å². The van der Waals surface area contributed by atoms with E-state index in [9.17, 15) is 5.11 Å². The number of aliphatic hydroxyl groups is 1. The summed E-state index contributed by atoms with van der Waals surface area (Å²) in [5.41, 5.74) is 1.75. The zero-order chi connectivity index (χ0) is 14.5. The topological polar surface area (TPSA) is 64.3 Å². The zero-order valence-corrected chi connectivity index (χ0v) is 13.9. The third kappa shape index (κ3) is 4.71. The number of benzene rings is 1. The van der Waals surface area contributed by atoms with Crippen molar-refractivity contribution in [2.45, 2.75) is 20.0 Å². The van der Waals surface area contributed by atoms with Gasteiger partial charge in [-0.25, -0.2) is 0 Å². The Balaban J connectivity index is 0.00000220. The van der Waals surface area contributed by atoms with Gasteiger partial charge in [-0.1, -0.05) is 19.9 Å². The maximum atomic E-state index is 10.0. The number of para-hydroxylation sites is 1. The molecular weight excluding hydrogens is 310 g/mol. The number of ether oxygens (including phenoxy) is 1. The molecule has 0 aliphatic carbocycles. The van der Waals surface area contributed by atoms with Crippen LogP contribution in [0.15, 0.2) is 18.2 Å². The van der Waals surface area contributed by atoms with Gasteiger partial charge in [-0.2, -0.15) is 0 Å². The Bertz CT molecular complexity index is 610. The summed E-state index contributed by atoms with van der Waals surface area (Å²) in [4.78, 5) is 8.27. The molecule has 0 saturated carbocycles. The molecule has 1 heterocycles. The number of rotatable bonds is 7. The van der Waals surface area contributed by atoms with E-state index < -0.39 is 6.10 Å². The molecule has 0 aliphatic heterocycles. The predicted octanol–water partition coefficient (Wildman–Crippen LogP) is 2.73. The second kappa shape index (κ2) is 8.38. The van der Waals surface area contributed by atoms with Gasteiger partial charge in [0.2, 0.25) is 0 Å². The van der Waals surface area contributed by atoms with Gasteiger partial charge in [0.1, 0.15) is 24.0 Å². The number of likely N-dealkylation sites (N-methyl/N-ethyl adjacent to an activating group) is 1. The summed E-state index contributed by atoms with van der Waals surface area (Å²) in [5, 5.41) is 10.0. The molecule has 1 unspecified atom stereocenters. The van der Waals surface area contributed by atoms with Gasteiger partial charge in [-0.05, 0) is 37.4 Å². The molecule has 0 amide bonds. The first-order valence-electron chi connectivity index (χ1n) is 6.88. The van der Waals surface area contributed by atoms with Gasteiger partial charge in [-0.3, -0.25) is 0 Å². The van der Waals surface area contributed by atoms with Crippen LogP contribution in [-0.4, -0.2) is 52.3 Å². The predicted molar refractivity (Wildman–Crippen MR) is 90.0 cm³/mol. The minimum absolute atomic E-state index is 0. The van der Waals surface area contributed by atoms with Crippen LogP contribution in [-0.2, 0) is 0 Å². The number of aliphatic hydroxyl groups excluding tert-OH is 1. The van der Waals surface area contributed by atoms with Gasteiger partial charge in [0.15, 0.2) is 4.77 Å². The minimum atomic E-state index is -0.507. The molecule has 7 heteroatoms. The van der Waals surface area contributed by atoms with Crippen molar-refractivity contribution in [1.82, 2.24) is 14.9 Å². The van der Waals surface area contributed by atoms with Gasteiger partial charge < -0.3 is 24.7 Å². The maximum Gasteiger partial charge on any atom is 0.175 e. The Hall–Kier alpha value is -1.08. The fourth-order valence-corrected chi connectivity index (χ4v) is 2.38. The van der Waals surface area contributed by atoms with Crippen molar-refractivity contribution < 1.29 is 9.84 Å². The van der Waals surface area contributed by atoms with E-state index in [2.05, 4.69) is 28.7 Å². The molecule has 5 nitrogen and oxygen atoms in total. The Morgan fingerprint density at radius 2 is 2.00 bits per heavy atom. The SMILES string of the molecule is CCN(CC)CC(O)COc1cccc2[nH]c(=S)[nH]c12.Cl. The Morgan fingerprint density at radius 3 is 2.67 bits per heavy atom. The fourth-order valence-electron chi connectivity index (χ4n) is 2.17. The van der Waals surface area contributed by atoms with Gasteiger partial charge in [0.25, 0.3) is 0 Å². The number of imidazole rings is 1. The average Bonchev–Trinajstić information content (AvgIpc) is 2.83. The summed E-state index contributed by atoms with van der Waals surface area (Å²) in [7, 11) is 0. The minimum Gasteiger partial charge on any atom is -0.489 e. The van der Waals surface area contributed by atoms with Gasteiger partial charge >= 0.3 is 0 Å². The third-order valence-electron chi connectivity index (χ3n) is 3.31. The summed E-state index contributed by atoms with van der Waals surface area (Å²) in [5.74, 6) is 0.702. The zero-order valence-electron chi connectivity index (χ0n) is 12.3. The van der Waals surface area contributed by atoms with Crippen LogP contribution in [0.2, 0.25) is 0 Å². The number of hydrogen-bond donors (Lipinski definition) is 3. The molecule has 1 atom stereocenters. The van der Waals surface area contributed by atoms with Crippen molar-refractivity contribution in [3.05, 3.63) is 23.0 Å². The van der Waals surface area contributed by atoms with Crippen molar-refractivity contribution >= 4 is 35.7 Å². The van der Waals surface area contributed by atoms with Crippen LogP contribution in [0, 0.1) is 4.77 Å². The molecule has 0 bridgehead atoms. The van der Waals surface area contributed by atoms with E-state index >= 15 is 0 Å². The molecule has 0 saturated heterocycles. The molecule has 0 radical (unpaired) electrons. The van der Waals surface area contributed by atoms with Crippen molar-refractivity contribution in [3.63, 3.8) is 0 Å². The molecule has 2 aromatic rings. The Kier molecular flexibility index (Phi) is 7.17. The summed E-state index contributed by atoms with van der Waals surface area (Å²) in [6, 6.07) is 5.69. The van der Waals surface area contributed by atoms with Crippen molar-refractivity contribution in [1.29, 1.82) is 0 Å². The third-order valence-corrected chi connectivity index (χ3v) is 3.51. The van der Waals surface area contributed by atoms with E-state index in [0.29, 0.717) is 17.1 Å². The fraction of sp³-hybridized carbons (Fsp3) is 0.500. The van der Waals surface area contributed by atoms with Crippen molar-refractivity contribution in [2.75, 3.05) is 26.2 Å². The summed E-state index contributed by atoms with van der Waals surface area (Å²) in [6.45, 7) is 6.89. The molecule has 0 spiro atoms. The number of hydrogen-bond acceptors (Lipinski definition) is 4. The number of aromatic nitrogens is 2.